The molecule has 2 aliphatic heterocycles. The zero-order valence-corrected chi connectivity index (χ0v) is 28.7. The minimum atomic E-state index is -0.606. The van der Waals surface area contributed by atoms with Crippen molar-refractivity contribution in [2.24, 2.45) is 5.41 Å². The third-order valence-corrected chi connectivity index (χ3v) is 8.09. The molecule has 1 N–H and O–H groups in total. The number of hydrogen-bond donors (Lipinski definition) is 1. The molecule has 4 rings (SSSR count). The molecule has 0 radical (unpaired) electrons. The Bertz CT molecular complexity index is 1360. The molecule has 3 amide bonds. The highest BCUT2D eigenvalue weighted by atomic mass is 16.6. The van der Waals surface area contributed by atoms with Gasteiger partial charge in [0.05, 0.1) is 13.1 Å². The van der Waals surface area contributed by atoms with E-state index in [2.05, 4.69) is 31.3 Å². The maximum Gasteiger partial charge on any atom is 0.493 e. The molecule has 0 unspecified atom stereocenters. The molecule has 0 spiro atoms. The van der Waals surface area contributed by atoms with Gasteiger partial charge in [-0.3, -0.25) is 14.6 Å². The number of nitrogens with one attached hydrogen (secondary N) is 1. The van der Waals surface area contributed by atoms with E-state index >= 15 is 0 Å². The molecule has 2 aromatic rings. The molecule has 250 valence electrons. The van der Waals surface area contributed by atoms with Crippen molar-refractivity contribution >= 4 is 36.2 Å². The van der Waals surface area contributed by atoms with Gasteiger partial charge in [-0.1, -0.05) is 50.2 Å². The van der Waals surface area contributed by atoms with Gasteiger partial charge in [0.1, 0.15) is 5.60 Å². The number of nitrogens with zero attached hydrogens (tertiary/aromatic N) is 4. The second-order valence-corrected chi connectivity index (χ2v) is 13.9. The molecule has 2 aromatic carbocycles. The smallest absolute Gasteiger partial charge is 0.444 e. The van der Waals surface area contributed by atoms with Crippen molar-refractivity contribution < 1.29 is 28.4 Å². The molecule has 1 saturated heterocycles. The van der Waals surface area contributed by atoms with Gasteiger partial charge in [0.2, 0.25) is 5.91 Å². The van der Waals surface area contributed by atoms with Crippen molar-refractivity contribution in [1.82, 2.24) is 20.2 Å². The lowest BCUT2D eigenvalue weighted by Gasteiger charge is -2.34. The Kier molecular flexibility index (Phi) is 11.4. The fourth-order valence-electron chi connectivity index (χ4n) is 5.51. The average Bonchev–Trinajstić information content (AvgIpc) is 3.42. The monoisotopic (exact) mass is 635 g/mol. The summed E-state index contributed by atoms with van der Waals surface area (Å²) in [6, 6.07) is 14.0. The lowest BCUT2D eigenvalue weighted by molar-refractivity contribution is -0.145. The third-order valence-electron chi connectivity index (χ3n) is 8.09. The number of likely N-dealkylation sites (N-methyl/N-ethyl adjacent to an activating group) is 2. The van der Waals surface area contributed by atoms with Crippen LogP contribution in [0, 0.1) is 12.3 Å². The maximum absolute atomic E-state index is 13.7. The summed E-state index contributed by atoms with van der Waals surface area (Å²) in [7, 11) is 1.31. The zero-order chi connectivity index (χ0) is 33.6. The normalized spacial score (nSPS) is 16.0. The second-order valence-electron chi connectivity index (χ2n) is 13.9. The predicted molar refractivity (Wildman–Crippen MR) is 179 cm³/mol. The van der Waals surface area contributed by atoms with Crippen molar-refractivity contribution in [1.29, 1.82) is 0 Å². The van der Waals surface area contributed by atoms with Crippen LogP contribution in [0.15, 0.2) is 42.5 Å². The number of hydrogen-bond acceptors (Lipinski definition) is 8. The first kappa shape index (κ1) is 35.3. The molecular formula is C34H50BN5O6. The predicted octanol–water partition coefficient (Wildman–Crippen LogP) is 3.33. The van der Waals surface area contributed by atoms with E-state index in [1.54, 1.807) is 21.9 Å². The molecule has 2 heterocycles. The number of aryl methyl sites for hydroxylation is 1. The van der Waals surface area contributed by atoms with Gasteiger partial charge in [0, 0.05) is 64.1 Å². The van der Waals surface area contributed by atoms with E-state index in [-0.39, 0.29) is 36.9 Å². The van der Waals surface area contributed by atoms with E-state index in [1.807, 2.05) is 70.0 Å². The molecule has 12 heteroatoms. The van der Waals surface area contributed by atoms with Crippen molar-refractivity contribution in [3.63, 3.8) is 0 Å². The number of hydrazine groups is 1. The summed E-state index contributed by atoms with van der Waals surface area (Å²) in [5.41, 5.74) is 4.31. The zero-order valence-electron chi connectivity index (χ0n) is 28.7. The highest BCUT2D eigenvalue weighted by molar-refractivity contribution is 6.61. The molecule has 0 atom stereocenters. The third kappa shape index (κ3) is 9.46. The van der Waals surface area contributed by atoms with Crippen LogP contribution in [0.25, 0.3) is 0 Å². The molecule has 0 bridgehead atoms. The van der Waals surface area contributed by atoms with Crippen LogP contribution in [-0.4, -0.2) is 98.5 Å². The first-order chi connectivity index (χ1) is 21.7. The number of fused-ring (bicyclic) bond motifs is 1. The van der Waals surface area contributed by atoms with Crippen LogP contribution in [0.2, 0.25) is 0 Å². The van der Waals surface area contributed by atoms with Crippen LogP contribution in [-0.2, 0) is 36.7 Å². The number of carbonyl (C=O) groups is 3. The van der Waals surface area contributed by atoms with Crippen LogP contribution in [0.3, 0.4) is 0 Å². The molecule has 2 aliphatic rings. The Labute approximate surface area is 274 Å². The molecule has 11 nitrogen and oxygen atoms in total. The average molecular weight is 636 g/mol. The molecular weight excluding hydrogens is 585 g/mol. The fraction of sp³-hybridized carbons (Fsp3) is 0.559. The largest absolute Gasteiger partial charge is 0.493 e. The van der Waals surface area contributed by atoms with Crippen LogP contribution in [0.1, 0.15) is 58.2 Å². The van der Waals surface area contributed by atoms with E-state index in [0.29, 0.717) is 39.4 Å². The SMILES string of the molecule is CCN(CCNC(=O)CN(CC(=O)N(C)N1Cc2ccccc2C1)c1ccc(B2OCC(C)(C)CO2)cc1C)C(=O)OC(C)(C)C. The Balaban J connectivity index is 1.45. The summed E-state index contributed by atoms with van der Waals surface area (Å²) < 4.78 is 17.5. The summed E-state index contributed by atoms with van der Waals surface area (Å²) in [5.74, 6) is -0.388. The first-order valence-electron chi connectivity index (χ1n) is 16.1. The number of rotatable bonds is 11. The quantitative estimate of drug-likeness (QED) is 0.376. The number of carbonyl (C=O) groups excluding carboxylic acids is 3. The van der Waals surface area contributed by atoms with Crippen molar-refractivity contribution in [2.75, 3.05) is 57.9 Å². The van der Waals surface area contributed by atoms with E-state index in [4.69, 9.17) is 14.0 Å². The molecule has 1 fully saturated rings. The summed E-state index contributed by atoms with van der Waals surface area (Å²) in [4.78, 5) is 42.8. The van der Waals surface area contributed by atoms with Crippen LogP contribution < -0.4 is 15.7 Å². The lowest BCUT2D eigenvalue weighted by Crippen LogP contribution is -2.49. The van der Waals surface area contributed by atoms with Gasteiger partial charge in [-0.15, -0.1) is 0 Å². The van der Waals surface area contributed by atoms with Gasteiger partial charge in [0.25, 0.3) is 5.91 Å². The first-order valence-corrected chi connectivity index (χ1v) is 16.1. The van der Waals surface area contributed by atoms with Gasteiger partial charge in [0.15, 0.2) is 0 Å². The summed E-state index contributed by atoms with van der Waals surface area (Å²) in [6.45, 7) is 17.0. The number of anilines is 1. The van der Waals surface area contributed by atoms with E-state index in [1.165, 1.54) is 11.1 Å². The van der Waals surface area contributed by atoms with E-state index in [0.717, 1.165) is 16.7 Å². The van der Waals surface area contributed by atoms with Gasteiger partial charge in [-0.25, -0.2) is 9.80 Å². The molecule has 0 aromatic heterocycles. The van der Waals surface area contributed by atoms with Crippen LogP contribution >= 0.6 is 0 Å². The van der Waals surface area contributed by atoms with Crippen LogP contribution in [0.4, 0.5) is 10.5 Å². The number of amides is 3. The summed E-state index contributed by atoms with van der Waals surface area (Å²) >= 11 is 0. The maximum atomic E-state index is 13.7. The standard InChI is InChI=1S/C34H50BN5O6/c1-9-38(32(43)46-33(3,4)5)17-16-36-30(41)21-39(22-31(42)37(8)40-19-26-12-10-11-13-27(26)20-40)29-15-14-28(18-25(29)2)35-44-23-34(6,7)24-45-35/h10-15,18H,9,16-17,19-24H2,1-8H3,(H,36,41). The second kappa shape index (κ2) is 14.9. The van der Waals surface area contributed by atoms with Gasteiger partial charge < -0.3 is 29.2 Å². The van der Waals surface area contributed by atoms with Crippen molar-refractivity contribution in [2.45, 2.75) is 67.2 Å². The molecule has 46 heavy (non-hydrogen) atoms. The minimum Gasteiger partial charge on any atom is -0.444 e. The van der Waals surface area contributed by atoms with E-state index in [9.17, 15) is 14.4 Å². The highest BCUT2D eigenvalue weighted by Gasteiger charge is 2.34. The summed E-state index contributed by atoms with van der Waals surface area (Å²) in [5, 5.41) is 6.58. The highest BCUT2D eigenvalue weighted by Crippen LogP contribution is 2.25. The fourth-order valence-corrected chi connectivity index (χ4v) is 5.51. The topological polar surface area (TPSA) is 104 Å². The molecule has 0 saturated carbocycles. The minimum absolute atomic E-state index is 0.000559. The van der Waals surface area contributed by atoms with Gasteiger partial charge >= 0.3 is 13.2 Å². The number of ether oxygens (including phenoxy) is 1. The van der Waals surface area contributed by atoms with E-state index < -0.39 is 18.8 Å². The Hall–Kier alpha value is -3.61. The van der Waals surface area contributed by atoms with Gasteiger partial charge in [-0.2, -0.15) is 0 Å². The Morgan fingerprint density at radius 1 is 1.02 bits per heavy atom. The Morgan fingerprint density at radius 2 is 1.65 bits per heavy atom. The number of benzene rings is 2. The lowest BCUT2D eigenvalue weighted by atomic mass is 9.75. The van der Waals surface area contributed by atoms with Crippen molar-refractivity contribution in [3.8, 4) is 0 Å². The summed E-state index contributed by atoms with van der Waals surface area (Å²) in [6.07, 6.45) is -0.422. The van der Waals surface area contributed by atoms with Crippen molar-refractivity contribution in [3.05, 3.63) is 59.2 Å². The Morgan fingerprint density at radius 3 is 2.22 bits per heavy atom. The molecule has 0 aliphatic carbocycles. The van der Waals surface area contributed by atoms with Crippen LogP contribution in [0.5, 0.6) is 0 Å². The van der Waals surface area contributed by atoms with Gasteiger partial charge in [-0.05, 0) is 62.8 Å².